The molecule has 13 heteroatoms. The van der Waals surface area contributed by atoms with Crippen LogP contribution in [0.15, 0.2) is 16.9 Å². The fraction of sp³-hybridized carbons (Fsp3) is 0.357. The van der Waals surface area contributed by atoms with E-state index in [4.69, 9.17) is 5.26 Å². The number of sulfonamides is 1. The van der Waals surface area contributed by atoms with Gasteiger partial charge in [-0.05, 0) is 26.0 Å². The Morgan fingerprint density at radius 3 is 2.37 bits per heavy atom. The minimum absolute atomic E-state index is 0.173. The SMILES string of the molecule is CCn1c(C(F)(F)F)nn(-c2cc(NS(=O)(=O)CC)c(C#N)cc2F)c1=O. The molecule has 0 aliphatic rings. The van der Waals surface area contributed by atoms with Crippen molar-refractivity contribution in [3.05, 3.63) is 39.8 Å². The number of aromatic nitrogens is 3. The summed E-state index contributed by atoms with van der Waals surface area (Å²) in [6.45, 7) is 2.21. The molecule has 1 aromatic heterocycles. The molecule has 2 aromatic rings. The fourth-order valence-corrected chi connectivity index (χ4v) is 2.84. The predicted octanol–water partition coefficient (Wildman–Crippen LogP) is 1.85. The first-order valence-electron chi connectivity index (χ1n) is 7.46. The number of nitrogens with zero attached hydrogens (tertiary/aromatic N) is 4. The van der Waals surface area contributed by atoms with Gasteiger partial charge in [-0.2, -0.15) is 23.1 Å². The normalized spacial score (nSPS) is 12.0. The van der Waals surface area contributed by atoms with E-state index in [0.717, 1.165) is 6.07 Å². The van der Waals surface area contributed by atoms with Crippen LogP contribution in [-0.4, -0.2) is 28.5 Å². The largest absolute Gasteiger partial charge is 0.451 e. The highest BCUT2D eigenvalue weighted by molar-refractivity contribution is 7.92. The Morgan fingerprint density at radius 2 is 1.93 bits per heavy atom. The molecule has 0 saturated heterocycles. The highest BCUT2D eigenvalue weighted by Crippen LogP contribution is 2.28. The van der Waals surface area contributed by atoms with E-state index in [1.165, 1.54) is 13.8 Å². The van der Waals surface area contributed by atoms with Crippen LogP contribution in [0.3, 0.4) is 0 Å². The van der Waals surface area contributed by atoms with E-state index in [1.54, 1.807) is 6.07 Å². The van der Waals surface area contributed by atoms with E-state index >= 15 is 0 Å². The third-order valence-electron chi connectivity index (χ3n) is 3.51. The molecule has 0 aliphatic carbocycles. The number of halogens is 4. The van der Waals surface area contributed by atoms with Gasteiger partial charge in [-0.1, -0.05) is 0 Å². The average molecular weight is 407 g/mol. The van der Waals surface area contributed by atoms with E-state index in [9.17, 15) is 30.8 Å². The summed E-state index contributed by atoms with van der Waals surface area (Å²) in [6, 6.07) is 2.92. The molecule has 1 heterocycles. The summed E-state index contributed by atoms with van der Waals surface area (Å²) in [5.74, 6) is -3.12. The topological polar surface area (TPSA) is 110 Å². The first kappa shape index (κ1) is 20.4. The number of alkyl halides is 3. The molecule has 0 fully saturated rings. The maximum absolute atomic E-state index is 14.3. The fourth-order valence-electron chi connectivity index (χ4n) is 2.19. The van der Waals surface area contributed by atoms with Gasteiger partial charge in [-0.25, -0.2) is 17.6 Å². The van der Waals surface area contributed by atoms with Gasteiger partial charge in [0.05, 0.1) is 17.0 Å². The van der Waals surface area contributed by atoms with Crippen LogP contribution in [-0.2, 0) is 22.7 Å². The molecule has 1 aromatic carbocycles. The lowest BCUT2D eigenvalue weighted by molar-refractivity contribution is -0.147. The lowest BCUT2D eigenvalue weighted by Gasteiger charge is -2.10. The van der Waals surface area contributed by atoms with Crippen LogP contribution in [0.25, 0.3) is 5.69 Å². The molecule has 0 bridgehead atoms. The van der Waals surface area contributed by atoms with Gasteiger partial charge in [-0.3, -0.25) is 9.29 Å². The molecule has 27 heavy (non-hydrogen) atoms. The molecule has 0 radical (unpaired) electrons. The summed E-state index contributed by atoms with van der Waals surface area (Å²) >= 11 is 0. The molecular formula is C14H13F4N5O3S. The summed E-state index contributed by atoms with van der Waals surface area (Å²) in [4.78, 5) is 12.2. The second-order valence-corrected chi connectivity index (χ2v) is 7.24. The van der Waals surface area contributed by atoms with Crippen LogP contribution >= 0.6 is 0 Å². The lowest BCUT2D eigenvalue weighted by atomic mass is 10.1. The van der Waals surface area contributed by atoms with E-state index in [2.05, 4.69) is 5.10 Å². The second kappa shape index (κ2) is 7.03. The molecule has 1 N–H and O–H groups in total. The molecule has 8 nitrogen and oxygen atoms in total. The van der Waals surface area contributed by atoms with Gasteiger partial charge in [0.15, 0.2) is 5.82 Å². The molecule has 0 atom stereocenters. The number of nitrogens with one attached hydrogen (secondary N) is 1. The van der Waals surface area contributed by atoms with Crippen molar-refractivity contribution in [1.82, 2.24) is 14.3 Å². The first-order valence-corrected chi connectivity index (χ1v) is 9.12. The third kappa shape index (κ3) is 3.95. The minimum Gasteiger partial charge on any atom is -0.282 e. The zero-order valence-corrected chi connectivity index (χ0v) is 14.8. The van der Waals surface area contributed by atoms with Gasteiger partial charge in [0, 0.05) is 6.54 Å². The maximum atomic E-state index is 14.3. The van der Waals surface area contributed by atoms with E-state index in [-0.39, 0.29) is 22.7 Å². The molecular weight excluding hydrogens is 394 g/mol. The Labute approximate surface area is 150 Å². The second-order valence-electron chi connectivity index (χ2n) is 5.23. The monoisotopic (exact) mass is 407 g/mol. The van der Waals surface area contributed by atoms with Crippen molar-refractivity contribution in [1.29, 1.82) is 5.26 Å². The van der Waals surface area contributed by atoms with Crippen LogP contribution in [0.5, 0.6) is 0 Å². The molecule has 0 aliphatic heterocycles. The molecule has 0 saturated carbocycles. The first-order chi connectivity index (χ1) is 12.4. The minimum atomic E-state index is -4.96. The quantitative estimate of drug-likeness (QED) is 0.761. The van der Waals surface area contributed by atoms with Gasteiger partial charge >= 0.3 is 11.9 Å². The third-order valence-corrected chi connectivity index (χ3v) is 4.80. The van der Waals surface area contributed by atoms with Crippen LogP contribution in [0.2, 0.25) is 0 Å². The Kier molecular flexibility index (Phi) is 5.32. The van der Waals surface area contributed by atoms with E-state index in [1.807, 2.05) is 4.72 Å². The number of anilines is 1. The molecule has 0 unspecified atom stereocenters. The van der Waals surface area contributed by atoms with Crippen LogP contribution in [0.1, 0.15) is 25.2 Å². The number of nitriles is 1. The highest BCUT2D eigenvalue weighted by Gasteiger charge is 2.39. The van der Waals surface area contributed by atoms with Crippen LogP contribution in [0.4, 0.5) is 23.2 Å². The number of benzene rings is 1. The summed E-state index contributed by atoms with van der Waals surface area (Å²) in [5.41, 5.74) is -2.79. The molecule has 0 amide bonds. The molecule has 0 spiro atoms. The van der Waals surface area contributed by atoms with Crippen molar-refractivity contribution in [2.75, 3.05) is 10.5 Å². The molecule has 146 valence electrons. The van der Waals surface area contributed by atoms with Gasteiger partial charge in [-0.15, -0.1) is 5.10 Å². The van der Waals surface area contributed by atoms with Crippen LogP contribution < -0.4 is 10.4 Å². The van der Waals surface area contributed by atoms with Crippen molar-refractivity contribution in [2.24, 2.45) is 0 Å². The van der Waals surface area contributed by atoms with Gasteiger partial charge < -0.3 is 0 Å². The average Bonchev–Trinajstić information content (AvgIpc) is 2.92. The van der Waals surface area contributed by atoms with Crippen molar-refractivity contribution in [2.45, 2.75) is 26.6 Å². The van der Waals surface area contributed by atoms with Gasteiger partial charge in [0.1, 0.15) is 11.8 Å². The smallest absolute Gasteiger partial charge is 0.282 e. The van der Waals surface area contributed by atoms with Crippen molar-refractivity contribution >= 4 is 15.7 Å². The Hall–Kier alpha value is -2.88. The Morgan fingerprint density at radius 1 is 1.30 bits per heavy atom. The van der Waals surface area contributed by atoms with E-state index in [0.29, 0.717) is 10.6 Å². The van der Waals surface area contributed by atoms with Gasteiger partial charge in [0.25, 0.3) is 0 Å². The summed E-state index contributed by atoms with van der Waals surface area (Å²) in [5, 5.41) is 12.2. The highest BCUT2D eigenvalue weighted by atomic mass is 32.2. The summed E-state index contributed by atoms with van der Waals surface area (Å²) < 4.78 is 79.4. The van der Waals surface area contributed by atoms with E-state index < -0.39 is 44.8 Å². The Bertz CT molecular complexity index is 1080. The Balaban J connectivity index is 2.76. The zero-order valence-electron chi connectivity index (χ0n) is 14.0. The maximum Gasteiger partial charge on any atom is 0.451 e. The lowest BCUT2D eigenvalue weighted by Crippen LogP contribution is -2.26. The number of hydrogen-bond donors (Lipinski definition) is 1. The predicted molar refractivity (Wildman–Crippen MR) is 86.3 cm³/mol. The van der Waals surface area contributed by atoms with Crippen molar-refractivity contribution < 1.29 is 26.0 Å². The molecule has 2 rings (SSSR count). The van der Waals surface area contributed by atoms with Crippen molar-refractivity contribution in [3.8, 4) is 11.8 Å². The summed E-state index contributed by atoms with van der Waals surface area (Å²) in [6.07, 6.45) is -4.96. The van der Waals surface area contributed by atoms with Crippen molar-refractivity contribution in [3.63, 3.8) is 0 Å². The zero-order chi connectivity index (χ0) is 20.6. The number of hydrogen-bond acceptors (Lipinski definition) is 5. The summed E-state index contributed by atoms with van der Waals surface area (Å²) in [7, 11) is -3.87. The number of rotatable bonds is 5. The van der Waals surface area contributed by atoms with Crippen LogP contribution in [0, 0.1) is 17.1 Å². The standard InChI is InChI=1S/C14H13F4N5O3S/c1-3-22-12(14(16,17)18)20-23(13(22)24)11-6-10(21-27(25,26)4-2)8(7-19)5-9(11)15/h5-6,21H,3-4H2,1-2H3. The van der Waals surface area contributed by atoms with Gasteiger partial charge in [0.2, 0.25) is 15.8 Å².